The molecular formula is C21H22N6S. The number of likely N-dealkylation sites (tertiary alicyclic amines) is 1. The van der Waals surface area contributed by atoms with Gasteiger partial charge in [-0.05, 0) is 55.6 Å². The molecule has 0 bridgehead atoms. The fourth-order valence-electron chi connectivity index (χ4n) is 3.57. The first kappa shape index (κ1) is 18.5. The van der Waals surface area contributed by atoms with E-state index in [-0.39, 0.29) is 0 Å². The molecule has 4 rings (SSSR count). The molecule has 1 fully saturated rings. The van der Waals surface area contributed by atoms with Crippen molar-refractivity contribution in [3.8, 4) is 6.07 Å². The van der Waals surface area contributed by atoms with E-state index < -0.39 is 0 Å². The molecule has 0 aliphatic carbocycles. The van der Waals surface area contributed by atoms with Gasteiger partial charge < -0.3 is 5.32 Å². The van der Waals surface area contributed by atoms with Crippen LogP contribution in [0.5, 0.6) is 0 Å². The molecule has 0 saturated carbocycles. The number of anilines is 2. The Kier molecular flexibility index (Phi) is 5.60. The number of rotatable bonds is 5. The van der Waals surface area contributed by atoms with Crippen molar-refractivity contribution in [1.29, 1.82) is 5.26 Å². The second-order valence-corrected chi connectivity index (χ2v) is 7.89. The Morgan fingerprint density at radius 1 is 1.29 bits per heavy atom. The van der Waals surface area contributed by atoms with Crippen LogP contribution >= 0.6 is 11.3 Å². The highest BCUT2D eigenvalue weighted by molar-refractivity contribution is 7.13. The lowest BCUT2D eigenvalue weighted by Gasteiger charge is -2.35. The molecule has 1 N–H and O–H groups in total. The van der Waals surface area contributed by atoms with Gasteiger partial charge in [0.15, 0.2) is 5.13 Å². The molecule has 1 aliphatic rings. The van der Waals surface area contributed by atoms with Gasteiger partial charge in [0.25, 0.3) is 0 Å². The van der Waals surface area contributed by atoms with Gasteiger partial charge in [-0.25, -0.2) is 9.97 Å². The van der Waals surface area contributed by atoms with Crippen molar-refractivity contribution in [2.75, 3.05) is 11.9 Å². The zero-order valence-corrected chi connectivity index (χ0v) is 16.6. The van der Waals surface area contributed by atoms with E-state index in [1.165, 1.54) is 24.0 Å². The first-order chi connectivity index (χ1) is 13.7. The third-order valence-corrected chi connectivity index (χ3v) is 5.89. The van der Waals surface area contributed by atoms with Crippen LogP contribution in [0, 0.1) is 18.3 Å². The van der Waals surface area contributed by atoms with Crippen molar-refractivity contribution >= 4 is 22.2 Å². The van der Waals surface area contributed by atoms with Gasteiger partial charge in [-0.2, -0.15) is 5.26 Å². The summed E-state index contributed by atoms with van der Waals surface area (Å²) >= 11 is 1.61. The Morgan fingerprint density at radius 2 is 2.21 bits per heavy atom. The van der Waals surface area contributed by atoms with Crippen molar-refractivity contribution in [3.05, 3.63) is 64.7 Å². The molecule has 7 heteroatoms. The van der Waals surface area contributed by atoms with Crippen LogP contribution in [0.25, 0.3) is 0 Å². The van der Waals surface area contributed by atoms with E-state index in [1.807, 2.05) is 24.5 Å². The molecule has 3 aromatic heterocycles. The Morgan fingerprint density at radius 3 is 3.00 bits per heavy atom. The molecule has 1 saturated heterocycles. The first-order valence-electron chi connectivity index (χ1n) is 9.45. The second kappa shape index (κ2) is 8.46. The van der Waals surface area contributed by atoms with Crippen molar-refractivity contribution in [2.45, 2.75) is 38.8 Å². The highest BCUT2D eigenvalue weighted by Gasteiger charge is 2.26. The molecule has 0 unspecified atom stereocenters. The average molecular weight is 391 g/mol. The topological polar surface area (TPSA) is 77.7 Å². The Bertz CT molecular complexity index is 975. The van der Waals surface area contributed by atoms with Crippen LogP contribution in [0.1, 0.15) is 47.8 Å². The molecular weight excluding hydrogens is 368 g/mol. The molecule has 1 aliphatic heterocycles. The Balaban J connectivity index is 1.49. The summed E-state index contributed by atoms with van der Waals surface area (Å²) in [5.74, 6) is 0. The van der Waals surface area contributed by atoms with Gasteiger partial charge in [-0.3, -0.25) is 9.88 Å². The predicted molar refractivity (Wildman–Crippen MR) is 110 cm³/mol. The fourth-order valence-corrected chi connectivity index (χ4v) is 4.34. The van der Waals surface area contributed by atoms with Gasteiger partial charge in [0.1, 0.15) is 11.8 Å². The van der Waals surface area contributed by atoms with Crippen molar-refractivity contribution in [3.63, 3.8) is 0 Å². The average Bonchev–Trinajstić information content (AvgIpc) is 3.19. The zero-order chi connectivity index (χ0) is 19.3. The molecule has 0 amide bonds. The van der Waals surface area contributed by atoms with Crippen LogP contribution in [-0.2, 0) is 6.54 Å². The molecule has 0 radical (unpaired) electrons. The Labute approximate surface area is 168 Å². The van der Waals surface area contributed by atoms with E-state index in [9.17, 15) is 0 Å². The van der Waals surface area contributed by atoms with E-state index in [0.29, 0.717) is 11.7 Å². The molecule has 6 nitrogen and oxygen atoms in total. The van der Waals surface area contributed by atoms with Gasteiger partial charge in [0, 0.05) is 24.3 Å². The van der Waals surface area contributed by atoms with E-state index in [4.69, 9.17) is 10.2 Å². The number of aromatic nitrogens is 3. The van der Waals surface area contributed by atoms with E-state index in [2.05, 4.69) is 38.6 Å². The summed E-state index contributed by atoms with van der Waals surface area (Å²) in [7, 11) is 0. The number of pyridine rings is 2. The standard InChI is InChI=1S/C21H22N6S/c1-15-11-23-8-7-16(15)13-27-9-3-2-4-20(27)19-14-28-21(26-19)25-18-6-5-17(10-22)24-12-18/h5-8,11-12,14,20H,2-4,9,13H2,1H3,(H,25,26)/t20-/m0/s1. The van der Waals surface area contributed by atoms with Crippen LogP contribution in [0.2, 0.25) is 0 Å². The minimum atomic E-state index is 0.340. The second-order valence-electron chi connectivity index (χ2n) is 7.03. The number of thiazole rings is 1. The predicted octanol–water partition coefficient (Wildman–Crippen LogP) is 4.58. The fraction of sp³-hybridized carbons (Fsp3) is 0.333. The SMILES string of the molecule is Cc1cnccc1CN1CCCC[C@H]1c1csc(Nc2ccc(C#N)nc2)n1. The van der Waals surface area contributed by atoms with Crippen molar-refractivity contribution in [2.24, 2.45) is 0 Å². The number of hydrogen-bond donors (Lipinski definition) is 1. The number of nitrogens with zero attached hydrogens (tertiary/aromatic N) is 5. The molecule has 1 atom stereocenters. The number of piperidine rings is 1. The molecule has 3 aromatic rings. The summed E-state index contributed by atoms with van der Waals surface area (Å²) in [6.07, 6.45) is 9.07. The highest BCUT2D eigenvalue weighted by Crippen LogP contribution is 2.34. The van der Waals surface area contributed by atoms with Crippen molar-refractivity contribution in [1.82, 2.24) is 19.9 Å². The maximum absolute atomic E-state index is 8.86. The summed E-state index contributed by atoms with van der Waals surface area (Å²) in [4.78, 5) is 15.7. The maximum atomic E-state index is 8.86. The number of nitrogens with one attached hydrogen (secondary N) is 1. The van der Waals surface area contributed by atoms with Gasteiger partial charge in [-0.1, -0.05) is 6.42 Å². The zero-order valence-electron chi connectivity index (χ0n) is 15.8. The van der Waals surface area contributed by atoms with Gasteiger partial charge in [-0.15, -0.1) is 11.3 Å². The number of aryl methyl sites for hydroxylation is 1. The quantitative estimate of drug-likeness (QED) is 0.687. The molecule has 4 heterocycles. The minimum absolute atomic E-state index is 0.340. The third kappa shape index (κ3) is 4.19. The van der Waals surface area contributed by atoms with Crippen LogP contribution in [-0.4, -0.2) is 26.4 Å². The van der Waals surface area contributed by atoms with Crippen molar-refractivity contribution < 1.29 is 0 Å². The van der Waals surface area contributed by atoms with Gasteiger partial charge in [0.2, 0.25) is 0 Å². The summed E-state index contributed by atoms with van der Waals surface area (Å²) in [6, 6.07) is 8.05. The summed E-state index contributed by atoms with van der Waals surface area (Å²) < 4.78 is 0. The minimum Gasteiger partial charge on any atom is -0.330 e. The number of hydrogen-bond acceptors (Lipinski definition) is 7. The molecule has 0 spiro atoms. The monoisotopic (exact) mass is 390 g/mol. The number of nitriles is 1. The largest absolute Gasteiger partial charge is 0.330 e. The van der Waals surface area contributed by atoms with Crippen LogP contribution < -0.4 is 5.32 Å². The van der Waals surface area contributed by atoms with Crippen LogP contribution in [0.4, 0.5) is 10.8 Å². The lowest BCUT2D eigenvalue weighted by Crippen LogP contribution is -2.33. The smallest absolute Gasteiger partial charge is 0.187 e. The van der Waals surface area contributed by atoms with E-state index in [0.717, 1.165) is 36.0 Å². The molecule has 28 heavy (non-hydrogen) atoms. The summed E-state index contributed by atoms with van der Waals surface area (Å²) in [5, 5.41) is 15.2. The third-order valence-electron chi connectivity index (χ3n) is 5.12. The highest BCUT2D eigenvalue weighted by atomic mass is 32.1. The lowest BCUT2D eigenvalue weighted by molar-refractivity contribution is 0.137. The van der Waals surface area contributed by atoms with E-state index in [1.54, 1.807) is 23.6 Å². The van der Waals surface area contributed by atoms with E-state index >= 15 is 0 Å². The molecule has 142 valence electrons. The lowest BCUT2D eigenvalue weighted by atomic mass is 9.98. The summed E-state index contributed by atoms with van der Waals surface area (Å²) in [5.41, 5.74) is 4.95. The first-order valence-corrected chi connectivity index (χ1v) is 10.3. The van der Waals surface area contributed by atoms with Crippen LogP contribution in [0.3, 0.4) is 0 Å². The van der Waals surface area contributed by atoms with Crippen LogP contribution in [0.15, 0.2) is 42.2 Å². The van der Waals surface area contributed by atoms with Gasteiger partial charge >= 0.3 is 0 Å². The Hall–Kier alpha value is -2.82. The normalized spacial score (nSPS) is 17.2. The maximum Gasteiger partial charge on any atom is 0.187 e. The molecule has 0 aromatic carbocycles. The summed E-state index contributed by atoms with van der Waals surface area (Å²) in [6.45, 7) is 4.14. The van der Waals surface area contributed by atoms with Gasteiger partial charge in [0.05, 0.1) is 23.6 Å².